The summed E-state index contributed by atoms with van der Waals surface area (Å²) in [7, 11) is 0. The molecular formula is C37H53FN4O7. The number of aryl methyl sites for hydroxylation is 1. The second-order valence-electron chi connectivity index (χ2n) is 13.3. The number of nitrogens with two attached hydrogens (primary N) is 1. The van der Waals surface area contributed by atoms with Crippen LogP contribution in [0.15, 0.2) is 53.1 Å². The van der Waals surface area contributed by atoms with Crippen LogP contribution >= 0.6 is 0 Å². The fourth-order valence-electron chi connectivity index (χ4n) is 5.24. The summed E-state index contributed by atoms with van der Waals surface area (Å²) in [5.41, 5.74) is 5.90. The predicted octanol–water partition coefficient (Wildman–Crippen LogP) is 7.11. The molecular weight excluding hydrogens is 631 g/mol. The van der Waals surface area contributed by atoms with Gasteiger partial charge in [0.1, 0.15) is 23.1 Å². The highest BCUT2D eigenvalue weighted by Gasteiger charge is 2.36. The van der Waals surface area contributed by atoms with Gasteiger partial charge >= 0.3 is 6.09 Å². The molecule has 3 aromatic rings. The molecule has 0 radical (unpaired) electrons. The average Bonchev–Trinajstić information content (AvgIpc) is 3.66. The van der Waals surface area contributed by atoms with Crippen LogP contribution in [0.2, 0.25) is 0 Å². The third-order valence-corrected chi connectivity index (χ3v) is 7.62. The summed E-state index contributed by atoms with van der Waals surface area (Å²) in [4.78, 5) is 35.2. The fraction of sp³-hybridized carbons (Fsp3) is 0.514. The Kier molecular flexibility index (Phi) is 16.6. The lowest BCUT2D eigenvalue weighted by atomic mass is 9.91. The van der Waals surface area contributed by atoms with E-state index < -0.39 is 11.7 Å². The van der Waals surface area contributed by atoms with E-state index in [2.05, 4.69) is 23.1 Å². The molecule has 270 valence electrons. The molecule has 2 unspecified atom stereocenters. The van der Waals surface area contributed by atoms with Gasteiger partial charge in [-0.15, -0.1) is 0 Å². The minimum Gasteiger partial charge on any atom is -0.508 e. The van der Waals surface area contributed by atoms with Crippen LogP contribution in [0.1, 0.15) is 90.9 Å². The summed E-state index contributed by atoms with van der Waals surface area (Å²) in [5.74, 6) is 0.806. The standard InChI is InChI=1S/C23H39N3O5.C13H11FO.CH3NO/c1-16(2)20(21(27)26-13-10-11-17(26)3)18-15-19(25-31-18)29-14-9-7-8-12-24-22(28)30-23(4,5)6;1-9-2-7-12(13(14)8-9)10-3-5-11(15)6-4-10;2-1-3/h15-17,20H,7-14H2,1-6H3,(H,24,28);2-8,15H,1H3;1H,(H2,2,3). The SMILES string of the molecule is CC(C)C(C(=O)N1CCCC1C)c1cc(OCCCCCNC(=O)OC(C)(C)C)no1.Cc1ccc(-c2ccc(O)cc2)c(F)c1.NC=O. The molecule has 0 spiro atoms. The van der Waals surface area contributed by atoms with Gasteiger partial charge in [0.15, 0.2) is 5.76 Å². The number of carbonyl (C=O) groups is 3. The Morgan fingerprint density at radius 1 is 1.14 bits per heavy atom. The highest BCUT2D eigenvalue weighted by molar-refractivity contribution is 5.84. The van der Waals surface area contributed by atoms with Crippen molar-refractivity contribution in [3.63, 3.8) is 0 Å². The number of hydrogen-bond acceptors (Lipinski definition) is 8. The number of alkyl carbamates (subject to hydrolysis) is 1. The van der Waals surface area contributed by atoms with Crippen LogP contribution in [-0.4, -0.2) is 64.9 Å². The summed E-state index contributed by atoms with van der Waals surface area (Å²) in [6.07, 6.45) is 4.53. The normalized spacial score (nSPS) is 14.6. The minimum atomic E-state index is -0.486. The van der Waals surface area contributed by atoms with E-state index in [1.807, 2.05) is 52.5 Å². The number of nitrogens with one attached hydrogen (secondary N) is 1. The van der Waals surface area contributed by atoms with Gasteiger partial charge in [-0.05, 0) is 107 Å². The molecule has 1 fully saturated rings. The lowest BCUT2D eigenvalue weighted by Gasteiger charge is -2.27. The Labute approximate surface area is 289 Å². The number of carbonyl (C=O) groups excluding carboxylic acids is 3. The van der Waals surface area contributed by atoms with Crippen LogP contribution in [0.3, 0.4) is 0 Å². The first-order valence-corrected chi connectivity index (χ1v) is 16.7. The molecule has 0 bridgehead atoms. The molecule has 12 heteroatoms. The molecule has 1 aromatic heterocycles. The molecule has 11 nitrogen and oxygen atoms in total. The number of primary amides is 1. The first-order valence-electron chi connectivity index (χ1n) is 16.7. The van der Waals surface area contributed by atoms with E-state index in [1.165, 1.54) is 6.07 Å². The Balaban J connectivity index is 0.000000382. The number of unbranched alkanes of at least 4 members (excludes halogenated alkanes) is 2. The topological polar surface area (TPSA) is 157 Å². The Morgan fingerprint density at radius 3 is 2.39 bits per heavy atom. The number of phenolic OH excluding ortho intramolecular Hbond substituents is 1. The molecule has 4 rings (SSSR count). The first kappa shape index (κ1) is 40.6. The number of benzene rings is 2. The van der Waals surface area contributed by atoms with E-state index in [0.717, 1.165) is 49.8 Å². The molecule has 2 aromatic carbocycles. The zero-order valence-corrected chi connectivity index (χ0v) is 29.8. The minimum absolute atomic E-state index is 0.110. The van der Waals surface area contributed by atoms with Gasteiger partial charge in [0.05, 0.1) is 6.61 Å². The van der Waals surface area contributed by atoms with Gasteiger partial charge in [-0.2, -0.15) is 0 Å². The largest absolute Gasteiger partial charge is 0.508 e. The van der Waals surface area contributed by atoms with Gasteiger partial charge in [0.25, 0.3) is 5.88 Å². The molecule has 1 aliphatic heterocycles. The quantitative estimate of drug-likeness (QED) is 0.143. The van der Waals surface area contributed by atoms with Gasteiger partial charge in [-0.1, -0.05) is 38.1 Å². The van der Waals surface area contributed by atoms with E-state index in [4.69, 9.17) is 23.9 Å². The number of nitrogens with zero attached hydrogens (tertiary/aromatic N) is 2. The van der Waals surface area contributed by atoms with E-state index in [9.17, 15) is 14.0 Å². The molecule has 4 N–H and O–H groups in total. The van der Waals surface area contributed by atoms with Crippen LogP contribution in [-0.2, 0) is 14.3 Å². The maximum Gasteiger partial charge on any atom is 0.407 e. The van der Waals surface area contributed by atoms with Crippen molar-refractivity contribution < 1.29 is 37.9 Å². The van der Waals surface area contributed by atoms with Gasteiger partial charge in [-0.25, -0.2) is 9.18 Å². The van der Waals surface area contributed by atoms with Crippen molar-refractivity contribution >= 4 is 18.4 Å². The number of halogens is 1. The molecule has 0 aliphatic carbocycles. The molecule has 1 saturated heterocycles. The maximum absolute atomic E-state index is 13.6. The number of amides is 3. The Bertz CT molecular complexity index is 1450. The van der Waals surface area contributed by atoms with Gasteiger partial charge in [0.2, 0.25) is 12.3 Å². The average molecular weight is 685 g/mol. The van der Waals surface area contributed by atoms with Crippen LogP contribution in [0, 0.1) is 18.7 Å². The van der Waals surface area contributed by atoms with Crippen LogP contribution < -0.4 is 15.8 Å². The number of rotatable bonds is 11. The zero-order valence-electron chi connectivity index (χ0n) is 29.8. The number of aromatic hydroxyl groups is 1. The summed E-state index contributed by atoms with van der Waals surface area (Å²) < 4.78 is 29.9. The zero-order chi connectivity index (χ0) is 36.6. The van der Waals surface area contributed by atoms with Gasteiger partial charge < -0.3 is 35.1 Å². The van der Waals surface area contributed by atoms with Gasteiger partial charge in [0, 0.05) is 30.8 Å². The second-order valence-corrected chi connectivity index (χ2v) is 13.3. The van der Waals surface area contributed by atoms with E-state index in [0.29, 0.717) is 30.4 Å². The summed E-state index contributed by atoms with van der Waals surface area (Å²) >= 11 is 0. The van der Waals surface area contributed by atoms with Crippen molar-refractivity contribution in [3.05, 3.63) is 65.7 Å². The first-order chi connectivity index (χ1) is 23.2. The lowest BCUT2D eigenvalue weighted by Crippen LogP contribution is -2.38. The summed E-state index contributed by atoms with van der Waals surface area (Å²) in [6, 6.07) is 13.6. The highest BCUT2D eigenvalue weighted by Crippen LogP contribution is 2.32. The smallest absolute Gasteiger partial charge is 0.407 e. The van der Waals surface area contributed by atoms with Crippen molar-refractivity contribution in [1.82, 2.24) is 15.4 Å². The summed E-state index contributed by atoms with van der Waals surface area (Å²) in [6.45, 7) is 15.4. The Morgan fingerprint density at radius 2 is 1.82 bits per heavy atom. The van der Waals surface area contributed by atoms with Crippen LogP contribution in [0.4, 0.5) is 9.18 Å². The van der Waals surface area contributed by atoms with Crippen molar-refractivity contribution in [2.45, 2.75) is 98.1 Å². The number of hydrogen-bond donors (Lipinski definition) is 3. The van der Waals surface area contributed by atoms with Crippen molar-refractivity contribution in [1.29, 1.82) is 0 Å². The number of aromatic nitrogens is 1. The molecule has 49 heavy (non-hydrogen) atoms. The number of phenols is 1. The maximum atomic E-state index is 13.6. The van der Waals surface area contributed by atoms with E-state index in [-0.39, 0.29) is 41.8 Å². The van der Waals surface area contributed by atoms with Crippen LogP contribution in [0.25, 0.3) is 11.1 Å². The third kappa shape index (κ3) is 14.2. The predicted molar refractivity (Wildman–Crippen MR) is 187 cm³/mol. The fourth-order valence-corrected chi connectivity index (χ4v) is 5.24. The van der Waals surface area contributed by atoms with Crippen molar-refractivity contribution in [2.24, 2.45) is 11.7 Å². The second kappa shape index (κ2) is 20.0. The Hall–Kier alpha value is -4.61. The van der Waals surface area contributed by atoms with E-state index in [1.54, 1.807) is 36.4 Å². The molecule has 2 heterocycles. The molecule has 1 aliphatic rings. The van der Waals surface area contributed by atoms with Gasteiger partial charge in [-0.3, -0.25) is 9.59 Å². The lowest BCUT2D eigenvalue weighted by molar-refractivity contribution is -0.134. The highest BCUT2D eigenvalue weighted by atomic mass is 19.1. The molecule has 2 atom stereocenters. The third-order valence-electron chi connectivity index (χ3n) is 7.62. The number of likely N-dealkylation sites (tertiary alicyclic amines) is 1. The monoisotopic (exact) mass is 684 g/mol. The number of ether oxygens (including phenoxy) is 2. The summed E-state index contributed by atoms with van der Waals surface area (Å²) in [5, 5.41) is 15.9. The molecule has 3 amide bonds. The van der Waals surface area contributed by atoms with E-state index >= 15 is 0 Å². The van der Waals surface area contributed by atoms with Crippen molar-refractivity contribution in [3.8, 4) is 22.8 Å². The molecule has 0 saturated carbocycles. The van der Waals surface area contributed by atoms with Crippen molar-refractivity contribution in [2.75, 3.05) is 19.7 Å². The van der Waals surface area contributed by atoms with Crippen LogP contribution in [0.5, 0.6) is 11.6 Å².